The van der Waals surface area contributed by atoms with Crippen LogP contribution in [-0.4, -0.2) is 26.6 Å². The molecule has 2 aromatic rings. The summed E-state index contributed by atoms with van der Waals surface area (Å²) in [4.78, 5) is 4.32. The van der Waals surface area contributed by atoms with Crippen LogP contribution in [-0.2, 0) is 9.47 Å². The Morgan fingerprint density at radius 2 is 1.62 bits per heavy atom. The molecule has 0 amide bonds. The summed E-state index contributed by atoms with van der Waals surface area (Å²) in [6.45, 7) is 14.6. The lowest BCUT2D eigenvalue weighted by atomic mass is 10.1. The summed E-state index contributed by atoms with van der Waals surface area (Å²) in [7, 11) is 0. The van der Waals surface area contributed by atoms with Crippen LogP contribution in [0.2, 0.25) is 0 Å². The Kier molecular flexibility index (Phi) is 7.43. The molecule has 4 rings (SSSR count). The van der Waals surface area contributed by atoms with Crippen molar-refractivity contribution in [1.82, 2.24) is 0 Å². The normalized spacial score (nSPS) is 17.7. The number of hydrogen-bond donors (Lipinski definition) is 0. The molecule has 0 atom stereocenters. The summed E-state index contributed by atoms with van der Waals surface area (Å²) in [5.41, 5.74) is 4.22. The summed E-state index contributed by atoms with van der Waals surface area (Å²) in [6, 6.07) is 16.1. The van der Waals surface area contributed by atoms with Crippen molar-refractivity contribution in [3.63, 3.8) is 0 Å². The number of ether oxygens (including phenoxy) is 3. The Morgan fingerprint density at radius 1 is 0.971 bits per heavy atom. The summed E-state index contributed by atoms with van der Waals surface area (Å²) >= 11 is 0. The van der Waals surface area contributed by atoms with Gasteiger partial charge >= 0.3 is 0 Å². The van der Waals surface area contributed by atoms with E-state index in [1.54, 1.807) is 6.08 Å². The molecule has 2 aromatic carbocycles. The van der Waals surface area contributed by atoms with Crippen molar-refractivity contribution < 1.29 is 14.2 Å². The second-order valence-corrected chi connectivity index (χ2v) is 8.36. The van der Waals surface area contributed by atoms with E-state index < -0.39 is 0 Å². The Morgan fingerprint density at radius 3 is 2.21 bits per heavy atom. The molecule has 0 N–H and O–H groups in total. The lowest BCUT2D eigenvalue weighted by Gasteiger charge is -2.32. The van der Waals surface area contributed by atoms with Crippen molar-refractivity contribution in [2.45, 2.75) is 20.3 Å². The Hall–Kier alpha value is -3.86. The zero-order valence-corrected chi connectivity index (χ0v) is 20.0. The molecule has 2 heterocycles. The van der Waals surface area contributed by atoms with Crippen LogP contribution in [0.4, 0.5) is 11.4 Å². The number of anilines is 2. The molecule has 34 heavy (non-hydrogen) atoms. The standard InChI is InChI=1S/C29H32N2O3/c1-5-7-15-29-23(4)19-31(21-33-29)25-12-9-14-27(17-25)34-26-13-8-11-24(16-26)30-18-22(3)28(10-6-2)32-20-30/h6-17H,2-3,5,18-21H2,1,4H3/b15-7-,28-10+. The van der Waals surface area contributed by atoms with E-state index in [1.807, 2.05) is 48.5 Å². The van der Waals surface area contributed by atoms with Crippen molar-refractivity contribution in [1.29, 1.82) is 0 Å². The zero-order chi connectivity index (χ0) is 23.9. The van der Waals surface area contributed by atoms with Crippen molar-refractivity contribution in [3.8, 4) is 11.5 Å². The number of rotatable bonds is 7. The Labute approximate surface area is 202 Å². The lowest BCUT2D eigenvalue weighted by molar-refractivity contribution is 0.202. The van der Waals surface area contributed by atoms with E-state index in [-0.39, 0.29) is 0 Å². The van der Waals surface area contributed by atoms with Crippen LogP contribution >= 0.6 is 0 Å². The van der Waals surface area contributed by atoms with Crippen molar-refractivity contribution in [2.75, 3.05) is 36.4 Å². The number of allylic oxidation sites excluding steroid dienone is 4. The van der Waals surface area contributed by atoms with Crippen molar-refractivity contribution >= 4 is 11.4 Å². The molecule has 0 unspecified atom stereocenters. The van der Waals surface area contributed by atoms with Gasteiger partial charge in [-0.1, -0.05) is 44.4 Å². The van der Waals surface area contributed by atoms with Crippen LogP contribution < -0.4 is 14.5 Å². The van der Waals surface area contributed by atoms with Gasteiger partial charge in [0.1, 0.15) is 23.0 Å². The highest BCUT2D eigenvalue weighted by atomic mass is 16.5. The summed E-state index contributed by atoms with van der Waals surface area (Å²) in [5.74, 6) is 3.31. The van der Waals surface area contributed by atoms with Gasteiger partial charge in [-0.15, -0.1) is 0 Å². The molecule has 1 fully saturated rings. The monoisotopic (exact) mass is 456 g/mol. The molecule has 0 aromatic heterocycles. The van der Waals surface area contributed by atoms with E-state index >= 15 is 0 Å². The van der Waals surface area contributed by atoms with E-state index in [2.05, 4.69) is 55.0 Å². The topological polar surface area (TPSA) is 34.2 Å². The molecule has 0 spiro atoms. The largest absolute Gasteiger partial charge is 0.473 e. The molecule has 5 heteroatoms. The minimum Gasteiger partial charge on any atom is -0.473 e. The summed E-state index contributed by atoms with van der Waals surface area (Å²) in [5, 5.41) is 0. The van der Waals surface area contributed by atoms with E-state index in [9.17, 15) is 0 Å². The van der Waals surface area contributed by atoms with Gasteiger partial charge in [0.25, 0.3) is 0 Å². The smallest absolute Gasteiger partial charge is 0.161 e. The minimum absolute atomic E-state index is 0.453. The highest BCUT2D eigenvalue weighted by Gasteiger charge is 2.19. The molecule has 2 aliphatic rings. The molecular weight excluding hydrogens is 424 g/mol. The summed E-state index contributed by atoms with van der Waals surface area (Å²) in [6.07, 6.45) is 8.75. The number of benzene rings is 2. The third-order valence-corrected chi connectivity index (χ3v) is 5.71. The maximum absolute atomic E-state index is 6.22. The first-order chi connectivity index (χ1) is 16.6. The predicted octanol–water partition coefficient (Wildman–Crippen LogP) is 6.93. The fourth-order valence-electron chi connectivity index (χ4n) is 3.93. The maximum atomic E-state index is 6.22. The first-order valence-corrected chi connectivity index (χ1v) is 11.6. The molecule has 0 saturated carbocycles. The average Bonchev–Trinajstić information content (AvgIpc) is 2.85. The lowest BCUT2D eigenvalue weighted by Crippen LogP contribution is -2.33. The van der Waals surface area contributed by atoms with Crippen LogP contribution in [0.3, 0.4) is 0 Å². The zero-order valence-electron chi connectivity index (χ0n) is 20.0. The van der Waals surface area contributed by atoms with Crippen LogP contribution in [0.15, 0.2) is 109 Å². The molecule has 2 aliphatic heterocycles. The first kappa shape index (κ1) is 23.3. The minimum atomic E-state index is 0.453. The molecular formula is C29H32N2O3. The number of hydrogen-bond acceptors (Lipinski definition) is 5. The maximum Gasteiger partial charge on any atom is 0.161 e. The van der Waals surface area contributed by atoms with Crippen LogP contribution in [0.25, 0.3) is 0 Å². The van der Waals surface area contributed by atoms with E-state index in [0.29, 0.717) is 20.0 Å². The predicted molar refractivity (Wildman–Crippen MR) is 139 cm³/mol. The highest BCUT2D eigenvalue weighted by molar-refractivity contribution is 5.56. The van der Waals surface area contributed by atoms with Crippen LogP contribution in [0, 0.1) is 0 Å². The Bertz CT molecular complexity index is 1150. The van der Waals surface area contributed by atoms with Gasteiger partial charge in [-0.2, -0.15) is 0 Å². The van der Waals surface area contributed by atoms with Gasteiger partial charge in [0.05, 0.1) is 0 Å². The van der Waals surface area contributed by atoms with Gasteiger partial charge in [-0.3, -0.25) is 0 Å². The van der Waals surface area contributed by atoms with E-state index in [1.165, 1.54) is 5.57 Å². The van der Waals surface area contributed by atoms with Crippen molar-refractivity contribution in [3.05, 3.63) is 109 Å². The van der Waals surface area contributed by atoms with Gasteiger partial charge in [0.2, 0.25) is 0 Å². The second kappa shape index (κ2) is 10.8. The molecule has 176 valence electrons. The SMILES string of the molecule is C=C/C=C1/OCN(c2cccc(Oc3cccc(N4COC(/C=C\CC)=C(C)C4)c3)c2)CC1=C. The van der Waals surface area contributed by atoms with Gasteiger partial charge in [-0.05, 0) is 55.3 Å². The van der Waals surface area contributed by atoms with Crippen LogP contribution in [0.1, 0.15) is 20.3 Å². The Balaban J connectivity index is 1.45. The van der Waals surface area contributed by atoms with Crippen LogP contribution in [0.5, 0.6) is 11.5 Å². The third-order valence-electron chi connectivity index (χ3n) is 5.71. The van der Waals surface area contributed by atoms with Gasteiger partial charge < -0.3 is 24.0 Å². The van der Waals surface area contributed by atoms with E-state index in [0.717, 1.165) is 52.9 Å². The molecule has 0 radical (unpaired) electrons. The quantitative estimate of drug-likeness (QED) is 0.451. The summed E-state index contributed by atoms with van der Waals surface area (Å²) < 4.78 is 18.0. The third kappa shape index (κ3) is 5.54. The molecule has 5 nitrogen and oxygen atoms in total. The van der Waals surface area contributed by atoms with Gasteiger partial charge in [0, 0.05) is 42.2 Å². The van der Waals surface area contributed by atoms with Gasteiger partial charge in [0.15, 0.2) is 13.5 Å². The highest BCUT2D eigenvalue weighted by Crippen LogP contribution is 2.31. The molecule has 0 aliphatic carbocycles. The second-order valence-electron chi connectivity index (χ2n) is 8.36. The van der Waals surface area contributed by atoms with Crippen molar-refractivity contribution in [2.24, 2.45) is 0 Å². The fraction of sp³-hybridized carbons (Fsp3) is 0.241. The number of nitrogens with zero attached hydrogens (tertiary/aromatic N) is 2. The molecule has 1 saturated heterocycles. The van der Waals surface area contributed by atoms with Gasteiger partial charge in [-0.25, -0.2) is 0 Å². The van der Waals surface area contributed by atoms with E-state index in [4.69, 9.17) is 14.2 Å². The first-order valence-electron chi connectivity index (χ1n) is 11.6. The molecule has 0 bridgehead atoms. The fourth-order valence-corrected chi connectivity index (χ4v) is 3.93. The average molecular weight is 457 g/mol.